The lowest BCUT2D eigenvalue weighted by Crippen LogP contribution is -2.22. The maximum absolute atomic E-state index is 11.2. The molecule has 0 aliphatic carbocycles. The van der Waals surface area contributed by atoms with Gasteiger partial charge in [-0.3, -0.25) is 0 Å². The first kappa shape index (κ1) is 21.1. The zero-order valence-electron chi connectivity index (χ0n) is 16.0. The lowest BCUT2D eigenvalue weighted by molar-refractivity contribution is 0.0697. The highest BCUT2D eigenvalue weighted by Crippen LogP contribution is 2.22. The van der Waals surface area contributed by atoms with E-state index < -0.39 is 12.1 Å². The Balaban J connectivity index is 1.50. The molecule has 0 aromatic heterocycles. The van der Waals surface area contributed by atoms with Gasteiger partial charge in [-0.1, -0.05) is 60.1 Å². The number of carboxylic acid groups (broad SMARTS) is 1. The number of aliphatic hydroxyl groups is 1. The van der Waals surface area contributed by atoms with E-state index in [2.05, 4.69) is 17.4 Å². The first-order valence-electron chi connectivity index (χ1n) is 9.60. The van der Waals surface area contributed by atoms with Crippen LogP contribution in [0.2, 0.25) is 5.02 Å². The number of hydrogen-bond donors (Lipinski definition) is 3. The summed E-state index contributed by atoms with van der Waals surface area (Å²) < 4.78 is 0. The monoisotopic (exact) mass is 409 g/mol. The molecule has 0 aliphatic rings. The SMILES string of the molecule is O=C(O)c1cccc(-c2cccc(CCCNC[C@H](O)c3cccc(Cl)c3)c2)c1. The number of rotatable bonds is 9. The minimum absolute atomic E-state index is 0.287. The van der Waals surface area contributed by atoms with Crippen molar-refractivity contribution in [3.8, 4) is 11.1 Å². The van der Waals surface area contributed by atoms with Gasteiger partial charge >= 0.3 is 5.97 Å². The summed E-state index contributed by atoms with van der Waals surface area (Å²) in [4.78, 5) is 11.2. The Hall–Kier alpha value is -2.66. The predicted octanol–water partition coefficient (Wildman–Crippen LogP) is 4.96. The van der Waals surface area contributed by atoms with Crippen LogP contribution in [-0.4, -0.2) is 29.3 Å². The van der Waals surface area contributed by atoms with Gasteiger partial charge in [-0.05, 0) is 65.9 Å². The van der Waals surface area contributed by atoms with Gasteiger partial charge in [0.2, 0.25) is 0 Å². The highest BCUT2D eigenvalue weighted by atomic mass is 35.5. The van der Waals surface area contributed by atoms with Gasteiger partial charge in [-0.15, -0.1) is 0 Å². The molecule has 0 radical (unpaired) electrons. The Morgan fingerprint density at radius 3 is 2.45 bits per heavy atom. The van der Waals surface area contributed by atoms with Crippen LogP contribution in [0.5, 0.6) is 0 Å². The minimum atomic E-state index is -0.922. The molecule has 0 spiro atoms. The van der Waals surface area contributed by atoms with Crippen LogP contribution >= 0.6 is 11.6 Å². The quantitative estimate of drug-likeness (QED) is 0.437. The van der Waals surface area contributed by atoms with Crippen molar-refractivity contribution in [2.24, 2.45) is 0 Å². The molecule has 29 heavy (non-hydrogen) atoms. The molecule has 3 aromatic rings. The summed E-state index contributed by atoms with van der Waals surface area (Å²) in [6.07, 6.45) is 1.24. The van der Waals surface area contributed by atoms with Crippen molar-refractivity contribution in [1.29, 1.82) is 0 Å². The molecule has 0 saturated carbocycles. The second-order valence-corrected chi connectivity index (χ2v) is 7.40. The van der Waals surface area contributed by atoms with Gasteiger partial charge in [0.25, 0.3) is 0 Å². The number of aliphatic hydroxyl groups excluding tert-OH is 1. The van der Waals surface area contributed by atoms with Gasteiger partial charge in [-0.25, -0.2) is 4.79 Å². The Morgan fingerprint density at radius 2 is 1.69 bits per heavy atom. The molecule has 1 atom stereocenters. The lowest BCUT2D eigenvalue weighted by Gasteiger charge is -2.12. The summed E-state index contributed by atoms with van der Waals surface area (Å²) in [5.41, 5.74) is 4.20. The van der Waals surface area contributed by atoms with E-state index in [0.717, 1.165) is 36.1 Å². The van der Waals surface area contributed by atoms with Crippen LogP contribution in [0, 0.1) is 0 Å². The second-order valence-electron chi connectivity index (χ2n) is 6.96. The van der Waals surface area contributed by atoms with Gasteiger partial charge in [0.05, 0.1) is 11.7 Å². The molecule has 0 amide bonds. The normalized spacial score (nSPS) is 11.9. The number of nitrogens with one attached hydrogen (secondary N) is 1. The smallest absolute Gasteiger partial charge is 0.335 e. The van der Waals surface area contributed by atoms with Crippen molar-refractivity contribution in [2.45, 2.75) is 18.9 Å². The number of hydrogen-bond acceptors (Lipinski definition) is 3. The van der Waals surface area contributed by atoms with E-state index in [1.54, 1.807) is 30.3 Å². The maximum atomic E-state index is 11.2. The minimum Gasteiger partial charge on any atom is -0.478 e. The molecule has 5 heteroatoms. The topological polar surface area (TPSA) is 69.6 Å². The van der Waals surface area contributed by atoms with Crippen LogP contribution in [0.25, 0.3) is 11.1 Å². The predicted molar refractivity (Wildman–Crippen MR) is 116 cm³/mol. The van der Waals surface area contributed by atoms with Crippen molar-refractivity contribution >= 4 is 17.6 Å². The lowest BCUT2D eigenvalue weighted by atomic mass is 9.99. The maximum Gasteiger partial charge on any atom is 0.335 e. The van der Waals surface area contributed by atoms with E-state index in [1.807, 2.05) is 30.3 Å². The Morgan fingerprint density at radius 1 is 0.966 bits per heavy atom. The van der Waals surface area contributed by atoms with Crippen LogP contribution in [0.1, 0.15) is 34.0 Å². The van der Waals surface area contributed by atoms with Crippen LogP contribution < -0.4 is 5.32 Å². The summed E-state index contributed by atoms with van der Waals surface area (Å²) in [6.45, 7) is 1.26. The zero-order chi connectivity index (χ0) is 20.6. The average Bonchev–Trinajstić information content (AvgIpc) is 2.73. The molecule has 3 N–H and O–H groups in total. The fourth-order valence-electron chi connectivity index (χ4n) is 3.23. The molecule has 0 aliphatic heterocycles. The molecule has 4 nitrogen and oxygen atoms in total. The van der Waals surface area contributed by atoms with Crippen molar-refractivity contribution in [3.05, 3.63) is 94.5 Å². The molecular weight excluding hydrogens is 386 g/mol. The van der Waals surface area contributed by atoms with Gasteiger partial charge < -0.3 is 15.5 Å². The van der Waals surface area contributed by atoms with Crippen molar-refractivity contribution < 1.29 is 15.0 Å². The Kier molecular flexibility index (Phi) is 7.42. The molecule has 0 unspecified atom stereocenters. The Bertz CT molecular complexity index is 974. The number of aryl methyl sites for hydroxylation is 1. The highest BCUT2D eigenvalue weighted by Gasteiger charge is 2.08. The third-order valence-corrected chi connectivity index (χ3v) is 5.00. The fourth-order valence-corrected chi connectivity index (χ4v) is 3.42. The largest absolute Gasteiger partial charge is 0.478 e. The summed E-state index contributed by atoms with van der Waals surface area (Å²) >= 11 is 5.96. The van der Waals surface area contributed by atoms with Gasteiger partial charge in [-0.2, -0.15) is 0 Å². The molecular formula is C24H24ClNO3. The van der Waals surface area contributed by atoms with Crippen LogP contribution in [0.4, 0.5) is 0 Å². The summed E-state index contributed by atoms with van der Waals surface area (Å²) in [7, 11) is 0. The highest BCUT2D eigenvalue weighted by molar-refractivity contribution is 6.30. The number of benzene rings is 3. The summed E-state index contributed by atoms with van der Waals surface area (Å²) in [5.74, 6) is -0.922. The van der Waals surface area contributed by atoms with E-state index in [0.29, 0.717) is 11.6 Å². The molecule has 0 bridgehead atoms. The van der Waals surface area contributed by atoms with Crippen molar-refractivity contribution in [2.75, 3.05) is 13.1 Å². The molecule has 3 rings (SSSR count). The van der Waals surface area contributed by atoms with E-state index in [9.17, 15) is 15.0 Å². The zero-order valence-corrected chi connectivity index (χ0v) is 16.8. The van der Waals surface area contributed by atoms with Crippen LogP contribution in [0.3, 0.4) is 0 Å². The number of halogens is 1. The third kappa shape index (κ3) is 6.16. The first-order valence-corrected chi connectivity index (χ1v) is 9.97. The molecule has 3 aromatic carbocycles. The van der Waals surface area contributed by atoms with Gasteiger partial charge in [0.1, 0.15) is 0 Å². The molecule has 0 saturated heterocycles. The third-order valence-electron chi connectivity index (χ3n) is 4.76. The van der Waals surface area contributed by atoms with Gasteiger partial charge in [0, 0.05) is 11.6 Å². The number of carbonyl (C=O) groups is 1. The van der Waals surface area contributed by atoms with Crippen LogP contribution in [-0.2, 0) is 6.42 Å². The van der Waals surface area contributed by atoms with Crippen molar-refractivity contribution in [3.63, 3.8) is 0 Å². The van der Waals surface area contributed by atoms with Crippen molar-refractivity contribution in [1.82, 2.24) is 5.32 Å². The molecule has 0 fully saturated rings. The van der Waals surface area contributed by atoms with E-state index in [1.165, 1.54) is 5.56 Å². The first-order chi connectivity index (χ1) is 14.0. The van der Waals surface area contributed by atoms with E-state index in [-0.39, 0.29) is 5.56 Å². The number of carboxylic acids is 1. The van der Waals surface area contributed by atoms with Crippen LogP contribution in [0.15, 0.2) is 72.8 Å². The fraction of sp³-hybridized carbons (Fsp3) is 0.208. The van der Waals surface area contributed by atoms with Gasteiger partial charge in [0.15, 0.2) is 0 Å². The van der Waals surface area contributed by atoms with E-state index >= 15 is 0 Å². The summed E-state index contributed by atoms with van der Waals surface area (Å²) in [6, 6.07) is 22.4. The standard InChI is InChI=1S/C24H24ClNO3/c25-22-11-3-9-20(15-22)23(27)16-26-12-4-6-17-5-1-7-18(13-17)19-8-2-10-21(14-19)24(28)29/h1-3,5,7-11,13-15,23,26-27H,4,6,12,16H2,(H,28,29)/t23-/m0/s1. The summed E-state index contributed by atoms with van der Waals surface area (Å²) in [5, 5.41) is 23.3. The number of aromatic carboxylic acids is 1. The average molecular weight is 410 g/mol. The van der Waals surface area contributed by atoms with E-state index in [4.69, 9.17) is 11.6 Å². The Labute approximate surface area is 175 Å². The molecule has 0 heterocycles. The second kappa shape index (κ2) is 10.2. The molecule has 150 valence electrons.